The standard InChI is InChI=1S/C21H28N2O5S.C2H2O4/c1-4-28-21-15-17(5-10-20(21)27-3)16-22-11-13-23(14-12-22)29(24,25)19-8-6-18(26-2)7-9-19;3-1(4)2(5)6/h5-10,15H,4,11-14,16H2,1-3H3;(H,3,4)(H,5,6). The van der Waals surface area contributed by atoms with E-state index >= 15 is 0 Å². The second-order valence-electron chi connectivity index (χ2n) is 7.38. The lowest BCUT2D eigenvalue weighted by Crippen LogP contribution is -2.48. The van der Waals surface area contributed by atoms with E-state index in [-0.39, 0.29) is 0 Å². The summed E-state index contributed by atoms with van der Waals surface area (Å²) in [5.41, 5.74) is 1.11. The molecule has 3 rings (SSSR count). The highest BCUT2D eigenvalue weighted by Gasteiger charge is 2.28. The van der Waals surface area contributed by atoms with Crippen LogP contribution in [0.4, 0.5) is 0 Å². The van der Waals surface area contributed by atoms with Crippen LogP contribution in [0.15, 0.2) is 47.4 Å². The van der Waals surface area contributed by atoms with Crippen molar-refractivity contribution >= 4 is 22.0 Å². The van der Waals surface area contributed by atoms with E-state index in [1.165, 1.54) is 0 Å². The Morgan fingerprint density at radius 3 is 1.97 bits per heavy atom. The minimum atomic E-state index is -3.49. The van der Waals surface area contributed by atoms with E-state index in [1.54, 1.807) is 42.8 Å². The Labute approximate surface area is 204 Å². The van der Waals surface area contributed by atoms with E-state index in [0.717, 1.165) is 17.9 Å². The van der Waals surface area contributed by atoms with Crippen molar-refractivity contribution in [2.24, 2.45) is 0 Å². The molecule has 0 unspecified atom stereocenters. The Bertz CT molecular complexity index is 1080. The summed E-state index contributed by atoms with van der Waals surface area (Å²) in [6.45, 7) is 5.51. The summed E-state index contributed by atoms with van der Waals surface area (Å²) in [6.07, 6.45) is 0. The van der Waals surface area contributed by atoms with Crippen LogP contribution in [-0.4, -0.2) is 86.8 Å². The molecule has 12 heteroatoms. The minimum absolute atomic E-state index is 0.295. The van der Waals surface area contributed by atoms with Gasteiger partial charge in [-0.3, -0.25) is 4.90 Å². The number of carboxylic acid groups (broad SMARTS) is 2. The van der Waals surface area contributed by atoms with Crippen molar-refractivity contribution in [3.05, 3.63) is 48.0 Å². The Morgan fingerprint density at radius 1 is 0.886 bits per heavy atom. The van der Waals surface area contributed by atoms with Gasteiger partial charge in [-0.15, -0.1) is 0 Å². The number of hydrogen-bond acceptors (Lipinski definition) is 8. The van der Waals surface area contributed by atoms with Crippen LogP contribution in [0.3, 0.4) is 0 Å². The maximum absolute atomic E-state index is 12.9. The number of hydrogen-bond donors (Lipinski definition) is 2. The molecule has 2 aromatic carbocycles. The number of carboxylic acids is 2. The van der Waals surface area contributed by atoms with Crippen molar-refractivity contribution in [1.82, 2.24) is 9.21 Å². The predicted octanol–water partition coefficient (Wildman–Crippen LogP) is 1.76. The second-order valence-corrected chi connectivity index (χ2v) is 9.32. The van der Waals surface area contributed by atoms with Crippen molar-refractivity contribution in [3.8, 4) is 17.2 Å². The molecule has 0 aromatic heterocycles. The molecule has 1 fully saturated rings. The number of carbonyl (C=O) groups is 2. The third-order valence-electron chi connectivity index (χ3n) is 5.15. The second kappa shape index (κ2) is 12.9. The van der Waals surface area contributed by atoms with E-state index in [2.05, 4.69) is 4.90 Å². The van der Waals surface area contributed by atoms with Gasteiger partial charge in [-0.2, -0.15) is 4.31 Å². The summed E-state index contributed by atoms with van der Waals surface area (Å²) in [7, 11) is -0.308. The SMILES string of the molecule is CCOc1cc(CN2CCN(S(=O)(=O)c3ccc(OC)cc3)CC2)ccc1OC.O=C(O)C(=O)O. The van der Waals surface area contributed by atoms with Gasteiger partial charge >= 0.3 is 11.9 Å². The lowest BCUT2D eigenvalue weighted by atomic mass is 10.1. The first-order chi connectivity index (χ1) is 16.6. The van der Waals surface area contributed by atoms with E-state index in [1.807, 2.05) is 25.1 Å². The topological polar surface area (TPSA) is 143 Å². The van der Waals surface area contributed by atoms with Crippen LogP contribution in [0.25, 0.3) is 0 Å². The normalized spacial score (nSPS) is 14.4. The third kappa shape index (κ3) is 7.84. The van der Waals surface area contributed by atoms with Gasteiger partial charge in [0.1, 0.15) is 5.75 Å². The van der Waals surface area contributed by atoms with Gasteiger partial charge in [0.15, 0.2) is 11.5 Å². The lowest BCUT2D eigenvalue weighted by Gasteiger charge is -2.34. The Kier molecular flexibility index (Phi) is 10.3. The van der Waals surface area contributed by atoms with Crippen molar-refractivity contribution in [1.29, 1.82) is 0 Å². The highest BCUT2D eigenvalue weighted by atomic mass is 32.2. The van der Waals surface area contributed by atoms with Crippen molar-refractivity contribution < 1.29 is 42.4 Å². The van der Waals surface area contributed by atoms with Crippen LogP contribution >= 0.6 is 0 Å². The van der Waals surface area contributed by atoms with Crippen molar-refractivity contribution in [2.45, 2.75) is 18.4 Å². The Balaban J connectivity index is 0.000000641. The molecule has 1 aliphatic heterocycles. The Morgan fingerprint density at radius 2 is 1.49 bits per heavy atom. The summed E-state index contributed by atoms with van der Waals surface area (Å²) in [5, 5.41) is 14.8. The molecule has 0 atom stereocenters. The number of methoxy groups -OCH3 is 2. The third-order valence-corrected chi connectivity index (χ3v) is 7.06. The predicted molar refractivity (Wildman–Crippen MR) is 126 cm³/mol. The van der Waals surface area contributed by atoms with Gasteiger partial charge in [-0.05, 0) is 48.9 Å². The molecule has 11 nitrogen and oxygen atoms in total. The molecule has 0 radical (unpaired) electrons. The summed E-state index contributed by atoms with van der Waals surface area (Å²) in [4.78, 5) is 20.7. The van der Waals surface area contributed by atoms with Gasteiger partial charge in [-0.1, -0.05) is 6.07 Å². The molecule has 0 spiro atoms. The van der Waals surface area contributed by atoms with Crippen molar-refractivity contribution in [2.75, 3.05) is 47.0 Å². The van der Waals surface area contributed by atoms with E-state index < -0.39 is 22.0 Å². The fourth-order valence-electron chi connectivity index (χ4n) is 3.37. The average molecular weight is 511 g/mol. The van der Waals surface area contributed by atoms with Crippen LogP contribution in [-0.2, 0) is 26.2 Å². The summed E-state index contributed by atoms with van der Waals surface area (Å²) in [6, 6.07) is 12.4. The molecule has 0 amide bonds. The molecule has 1 heterocycles. The van der Waals surface area contributed by atoms with E-state index in [0.29, 0.717) is 49.2 Å². The molecule has 0 aliphatic carbocycles. The smallest absolute Gasteiger partial charge is 0.414 e. The lowest BCUT2D eigenvalue weighted by molar-refractivity contribution is -0.159. The molecule has 35 heavy (non-hydrogen) atoms. The summed E-state index contributed by atoms with van der Waals surface area (Å²) < 4.78 is 43.4. The van der Waals surface area contributed by atoms with Crippen molar-refractivity contribution in [3.63, 3.8) is 0 Å². The molecular formula is C23H30N2O9S. The summed E-state index contributed by atoms with van der Waals surface area (Å²) in [5.74, 6) is -1.57. The first-order valence-electron chi connectivity index (χ1n) is 10.7. The molecule has 0 saturated carbocycles. The zero-order valence-electron chi connectivity index (χ0n) is 19.8. The molecule has 192 valence electrons. The fraction of sp³-hybridized carbons (Fsp3) is 0.391. The van der Waals surface area contributed by atoms with Crippen LogP contribution < -0.4 is 14.2 Å². The minimum Gasteiger partial charge on any atom is -0.497 e. The Hall–Kier alpha value is -3.35. The van der Waals surface area contributed by atoms with Gasteiger partial charge in [-0.25, -0.2) is 18.0 Å². The molecular weight excluding hydrogens is 480 g/mol. The number of piperazine rings is 1. The number of aliphatic carboxylic acids is 2. The highest BCUT2D eigenvalue weighted by Crippen LogP contribution is 2.29. The van der Waals surface area contributed by atoms with Gasteiger partial charge in [0, 0.05) is 32.7 Å². The molecule has 0 bridgehead atoms. The van der Waals surface area contributed by atoms with Crippen LogP contribution in [0, 0.1) is 0 Å². The number of benzene rings is 2. The maximum atomic E-state index is 12.9. The van der Waals surface area contributed by atoms with Crippen LogP contribution in [0.2, 0.25) is 0 Å². The molecule has 1 aliphatic rings. The first kappa shape index (κ1) is 27.9. The molecule has 2 N–H and O–H groups in total. The van der Waals surface area contributed by atoms with Gasteiger partial charge in [0.05, 0.1) is 25.7 Å². The average Bonchev–Trinajstić information content (AvgIpc) is 2.85. The van der Waals surface area contributed by atoms with Gasteiger partial charge < -0.3 is 24.4 Å². The van der Waals surface area contributed by atoms with E-state index in [9.17, 15) is 8.42 Å². The molecule has 1 saturated heterocycles. The number of ether oxygens (including phenoxy) is 3. The van der Waals surface area contributed by atoms with Gasteiger partial charge in [0.25, 0.3) is 0 Å². The van der Waals surface area contributed by atoms with Crippen LogP contribution in [0.5, 0.6) is 17.2 Å². The number of sulfonamides is 1. The van der Waals surface area contributed by atoms with Gasteiger partial charge in [0.2, 0.25) is 10.0 Å². The zero-order valence-corrected chi connectivity index (χ0v) is 20.7. The zero-order chi connectivity index (χ0) is 26.0. The largest absolute Gasteiger partial charge is 0.497 e. The maximum Gasteiger partial charge on any atom is 0.414 e. The van der Waals surface area contributed by atoms with Crippen LogP contribution in [0.1, 0.15) is 12.5 Å². The highest BCUT2D eigenvalue weighted by molar-refractivity contribution is 7.89. The molecule has 2 aromatic rings. The number of rotatable bonds is 8. The quantitative estimate of drug-likeness (QED) is 0.504. The fourth-order valence-corrected chi connectivity index (χ4v) is 4.79. The number of nitrogens with zero attached hydrogens (tertiary/aromatic N) is 2. The van der Waals surface area contributed by atoms with E-state index in [4.69, 9.17) is 34.0 Å². The summed E-state index contributed by atoms with van der Waals surface area (Å²) >= 11 is 0. The monoisotopic (exact) mass is 510 g/mol. The first-order valence-corrected chi connectivity index (χ1v) is 12.2.